The van der Waals surface area contributed by atoms with Crippen LogP contribution in [0.4, 0.5) is 4.39 Å². The molecule has 0 aliphatic carbocycles. The molecule has 0 spiro atoms. The number of carbonyl (C=O) groups excluding carboxylic acids is 1. The molecule has 2 nitrogen and oxygen atoms in total. The topological polar surface area (TPSA) is 20.3 Å². The first-order chi connectivity index (χ1) is 7.13. The van der Waals surface area contributed by atoms with E-state index in [1.54, 1.807) is 24.1 Å². The van der Waals surface area contributed by atoms with Crippen LogP contribution in [0.5, 0.6) is 0 Å². The van der Waals surface area contributed by atoms with E-state index in [-0.39, 0.29) is 11.7 Å². The van der Waals surface area contributed by atoms with Crippen molar-refractivity contribution in [2.45, 2.75) is 6.42 Å². The van der Waals surface area contributed by atoms with Crippen molar-refractivity contribution in [2.75, 3.05) is 18.9 Å². The molecule has 0 aliphatic heterocycles. The molecule has 1 rings (SSSR count). The zero-order valence-corrected chi connectivity index (χ0v) is 10.1. The fourth-order valence-electron chi connectivity index (χ4n) is 1.16. The van der Waals surface area contributed by atoms with E-state index >= 15 is 0 Å². The van der Waals surface area contributed by atoms with Gasteiger partial charge in [0.1, 0.15) is 5.82 Å². The minimum atomic E-state index is -0.278. The molecule has 0 aliphatic rings. The average molecular weight is 274 g/mol. The molecule has 0 N–H and O–H groups in total. The van der Waals surface area contributed by atoms with Crippen LogP contribution < -0.4 is 0 Å². The predicted octanol–water partition coefficient (Wildman–Crippen LogP) is 2.22. The average Bonchev–Trinajstić information content (AvgIpc) is 2.22. The van der Waals surface area contributed by atoms with Gasteiger partial charge in [0.05, 0.1) is 6.42 Å². The Morgan fingerprint density at radius 2 is 2.00 bits per heavy atom. The van der Waals surface area contributed by atoms with Gasteiger partial charge in [-0.25, -0.2) is 4.39 Å². The maximum atomic E-state index is 12.6. The summed E-state index contributed by atoms with van der Waals surface area (Å²) in [7, 11) is 1.76. The van der Waals surface area contributed by atoms with E-state index < -0.39 is 0 Å². The summed E-state index contributed by atoms with van der Waals surface area (Å²) >= 11 is 3.27. The molecule has 4 heteroatoms. The van der Waals surface area contributed by atoms with Gasteiger partial charge in [-0.1, -0.05) is 28.1 Å². The van der Waals surface area contributed by atoms with Crippen LogP contribution in [0.15, 0.2) is 24.3 Å². The van der Waals surface area contributed by atoms with E-state index in [0.717, 1.165) is 10.9 Å². The van der Waals surface area contributed by atoms with Crippen molar-refractivity contribution >= 4 is 21.8 Å². The molecule has 82 valence electrons. The van der Waals surface area contributed by atoms with E-state index in [1.165, 1.54) is 12.1 Å². The van der Waals surface area contributed by atoms with E-state index in [2.05, 4.69) is 15.9 Å². The minimum Gasteiger partial charge on any atom is -0.345 e. The second-order valence-electron chi connectivity index (χ2n) is 3.31. The lowest BCUT2D eigenvalue weighted by Gasteiger charge is -2.15. The molecular formula is C11H13BrFNO. The quantitative estimate of drug-likeness (QED) is 0.771. The van der Waals surface area contributed by atoms with Gasteiger partial charge in [-0.15, -0.1) is 0 Å². The number of benzene rings is 1. The van der Waals surface area contributed by atoms with Crippen LogP contribution in [0.2, 0.25) is 0 Å². The molecule has 15 heavy (non-hydrogen) atoms. The van der Waals surface area contributed by atoms with Crippen molar-refractivity contribution in [3.63, 3.8) is 0 Å². The van der Waals surface area contributed by atoms with Crippen LogP contribution in [-0.2, 0) is 11.2 Å². The molecule has 0 fully saturated rings. The van der Waals surface area contributed by atoms with Crippen molar-refractivity contribution in [3.8, 4) is 0 Å². The first kappa shape index (κ1) is 12.2. The number of rotatable bonds is 4. The van der Waals surface area contributed by atoms with Crippen molar-refractivity contribution in [1.29, 1.82) is 0 Å². The Labute approximate surface area is 97.2 Å². The number of carbonyl (C=O) groups is 1. The van der Waals surface area contributed by atoms with Gasteiger partial charge >= 0.3 is 0 Å². The van der Waals surface area contributed by atoms with Crippen LogP contribution in [0.3, 0.4) is 0 Å². The summed E-state index contributed by atoms with van der Waals surface area (Å²) in [6, 6.07) is 6.00. The zero-order valence-electron chi connectivity index (χ0n) is 8.54. The highest BCUT2D eigenvalue weighted by Crippen LogP contribution is 2.05. The van der Waals surface area contributed by atoms with Gasteiger partial charge in [0.2, 0.25) is 5.91 Å². The number of likely N-dealkylation sites (N-methyl/N-ethyl adjacent to an activating group) is 1. The number of hydrogen-bond acceptors (Lipinski definition) is 1. The van der Waals surface area contributed by atoms with E-state index in [0.29, 0.717) is 13.0 Å². The maximum absolute atomic E-state index is 12.6. The number of nitrogens with zero attached hydrogens (tertiary/aromatic N) is 1. The highest BCUT2D eigenvalue weighted by atomic mass is 79.9. The molecular weight excluding hydrogens is 261 g/mol. The third-order valence-corrected chi connectivity index (χ3v) is 2.47. The summed E-state index contributed by atoms with van der Waals surface area (Å²) in [4.78, 5) is 13.2. The molecule has 0 bridgehead atoms. The molecule has 0 saturated carbocycles. The van der Waals surface area contributed by atoms with Gasteiger partial charge in [0.25, 0.3) is 0 Å². The molecule has 0 aromatic heterocycles. The van der Waals surface area contributed by atoms with E-state index in [4.69, 9.17) is 0 Å². The Morgan fingerprint density at radius 3 is 2.53 bits per heavy atom. The van der Waals surface area contributed by atoms with Crippen LogP contribution in [-0.4, -0.2) is 29.7 Å². The second-order valence-corrected chi connectivity index (χ2v) is 4.10. The van der Waals surface area contributed by atoms with Crippen LogP contribution in [0.25, 0.3) is 0 Å². The van der Waals surface area contributed by atoms with Gasteiger partial charge < -0.3 is 4.90 Å². The number of halogens is 2. The SMILES string of the molecule is CN(CCBr)C(=O)Cc1ccc(F)cc1. The highest BCUT2D eigenvalue weighted by Gasteiger charge is 2.08. The fourth-order valence-corrected chi connectivity index (χ4v) is 1.70. The van der Waals surface area contributed by atoms with Gasteiger partial charge in [-0.05, 0) is 17.7 Å². The summed E-state index contributed by atoms with van der Waals surface area (Å²) in [5, 5.41) is 0.763. The summed E-state index contributed by atoms with van der Waals surface area (Å²) in [6.45, 7) is 0.681. The molecule has 0 saturated heterocycles. The second kappa shape index (κ2) is 5.85. The first-order valence-electron chi connectivity index (χ1n) is 4.68. The van der Waals surface area contributed by atoms with Crippen LogP contribution in [0.1, 0.15) is 5.56 Å². The third kappa shape index (κ3) is 4.00. The normalized spacial score (nSPS) is 10.1. The van der Waals surface area contributed by atoms with E-state index in [1.807, 2.05) is 0 Å². The number of amides is 1. The lowest BCUT2D eigenvalue weighted by molar-refractivity contribution is -0.128. The van der Waals surface area contributed by atoms with Gasteiger partial charge in [-0.2, -0.15) is 0 Å². The van der Waals surface area contributed by atoms with Crippen LogP contribution >= 0.6 is 15.9 Å². The van der Waals surface area contributed by atoms with Crippen LogP contribution in [0, 0.1) is 5.82 Å². The fraction of sp³-hybridized carbons (Fsp3) is 0.364. The molecule has 0 radical (unpaired) electrons. The number of hydrogen-bond donors (Lipinski definition) is 0. The Morgan fingerprint density at radius 1 is 1.40 bits per heavy atom. The molecule has 1 aromatic carbocycles. The molecule has 0 heterocycles. The molecule has 1 aromatic rings. The lowest BCUT2D eigenvalue weighted by Crippen LogP contribution is -2.29. The Bertz CT molecular complexity index is 326. The Hall–Kier alpha value is -0.900. The van der Waals surface area contributed by atoms with Crippen molar-refractivity contribution in [2.24, 2.45) is 0 Å². The highest BCUT2D eigenvalue weighted by molar-refractivity contribution is 9.09. The summed E-state index contributed by atoms with van der Waals surface area (Å²) in [5.41, 5.74) is 0.836. The molecule has 0 atom stereocenters. The minimum absolute atomic E-state index is 0.0426. The number of alkyl halides is 1. The third-order valence-electron chi connectivity index (χ3n) is 2.11. The van der Waals surface area contributed by atoms with Gasteiger partial charge in [0.15, 0.2) is 0 Å². The zero-order chi connectivity index (χ0) is 11.3. The standard InChI is InChI=1S/C11H13BrFNO/c1-14(7-6-12)11(15)8-9-2-4-10(13)5-3-9/h2-5H,6-8H2,1H3. The van der Waals surface area contributed by atoms with Gasteiger partial charge in [0, 0.05) is 18.9 Å². The molecule has 1 amide bonds. The Balaban J connectivity index is 2.54. The molecule has 0 unspecified atom stereocenters. The Kier molecular flexibility index (Phi) is 4.75. The first-order valence-corrected chi connectivity index (χ1v) is 5.80. The largest absolute Gasteiger partial charge is 0.345 e. The monoisotopic (exact) mass is 273 g/mol. The van der Waals surface area contributed by atoms with Gasteiger partial charge in [-0.3, -0.25) is 4.79 Å². The summed E-state index contributed by atoms with van der Waals surface area (Å²) in [6.07, 6.45) is 0.323. The lowest BCUT2D eigenvalue weighted by atomic mass is 10.1. The van der Waals surface area contributed by atoms with Crippen molar-refractivity contribution < 1.29 is 9.18 Å². The predicted molar refractivity (Wildman–Crippen MR) is 61.5 cm³/mol. The van der Waals surface area contributed by atoms with E-state index in [9.17, 15) is 9.18 Å². The smallest absolute Gasteiger partial charge is 0.226 e. The summed E-state index contributed by atoms with van der Waals surface area (Å²) < 4.78 is 12.6. The van der Waals surface area contributed by atoms with Crippen molar-refractivity contribution in [1.82, 2.24) is 4.90 Å². The van der Waals surface area contributed by atoms with Crippen molar-refractivity contribution in [3.05, 3.63) is 35.6 Å². The summed E-state index contributed by atoms with van der Waals surface area (Å²) in [5.74, 6) is -0.235. The maximum Gasteiger partial charge on any atom is 0.226 e.